The molecule has 0 aliphatic rings. The largest absolute Gasteiger partial charge is 0.449 e. The highest BCUT2D eigenvalue weighted by atomic mass is 28.4. The van der Waals surface area contributed by atoms with Gasteiger partial charge in [-0.15, -0.1) is 0 Å². The molecule has 0 aliphatic heterocycles. The Bertz CT molecular complexity index is 26.9. The zero-order valence-corrected chi connectivity index (χ0v) is 11.5. The first-order chi connectivity index (χ1) is 3.41. The highest BCUT2D eigenvalue weighted by Crippen LogP contribution is 1.63. The van der Waals surface area contributed by atoms with Crippen LogP contribution in [0.1, 0.15) is 0 Å². The Labute approximate surface area is 64.7 Å². The van der Waals surface area contributed by atoms with Gasteiger partial charge in [0.25, 0.3) is 20.0 Å². The minimum Gasteiger partial charge on any atom is -0.449 e. The molecule has 0 N–H and O–H groups in total. The maximum atomic E-state index is 5.03. The summed E-state index contributed by atoms with van der Waals surface area (Å²) in [6.45, 7) is 0. The lowest BCUT2D eigenvalue weighted by Gasteiger charge is -1.97. The molecule has 0 bridgehead atoms. The summed E-state index contributed by atoms with van der Waals surface area (Å²) in [6, 6.07) is 0. The molecule has 0 saturated heterocycles. The first-order valence-corrected chi connectivity index (χ1v) is 5.91. The van der Waals surface area contributed by atoms with Crippen molar-refractivity contribution in [3.8, 4) is 0 Å². The second-order valence-corrected chi connectivity index (χ2v) is 7.74. The van der Waals surface area contributed by atoms with Crippen LogP contribution in [0.5, 0.6) is 0 Å². The molecule has 0 spiro atoms. The molecule has 52 valence electrons. The van der Waals surface area contributed by atoms with Crippen molar-refractivity contribution >= 4 is 52.0 Å². The lowest BCUT2D eigenvalue weighted by atomic mass is 15.7. The molecule has 0 amide bonds. The Morgan fingerprint density at radius 1 is 1.00 bits per heavy atom. The van der Waals surface area contributed by atoms with E-state index in [1.54, 1.807) is 0 Å². The van der Waals surface area contributed by atoms with E-state index in [0.29, 0.717) is 0 Å². The Kier molecular flexibility index (Phi) is 15.9. The third-order valence-corrected chi connectivity index (χ3v) is 3.62. The number of hydrogen-bond acceptors (Lipinski definition) is 3. The average Bonchev–Trinajstić information content (AvgIpc) is 1.69. The van der Waals surface area contributed by atoms with E-state index >= 15 is 0 Å². The summed E-state index contributed by atoms with van der Waals surface area (Å²) in [4.78, 5) is 0. The van der Waals surface area contributed by atoms with Gasteiger partial charge in [-0.25, -0.2) is 0 Å². The zero-order chi connectivity index (χ0) is 5.54. The molecule has 0 atom stereocenters. The van der Waals surface area contributed by atoms with Crippen molar-refractivity contribution < 1.29 is 12.3 Å². The van der Waals surface area contributed by atoms with Crippen LogP contribution in [-0.4, -0.2) is 52.0 Å². The van der Waals surface area contributed by atoms with E-state index in [0.717, 1.165) is 21.0 Å². The molecule has 0 heterocycles. The van der Waals surface area contributed by atoms with E-state index in [2.05, 4.69) is 0 Å². The van der Waals surface area contributed by atoms with Crippen molar-refractivity contribution in [3.05, 3.63) is 0 Å². The summed E-state index contributed by atoms with van der Waals surface area (Å²) < 4.78 is 14.8. The lowest BCUT2D eigenvalue weighted by molar-refractivity contribution is 0.443. The first-order valence-electron chi connectivity index (χ1n) is 1.97. The molecule has 8 heavy (non-hydrogen) atoms. The van der Waals surface area contributed by atoms with Gasteiger partial charge in [-0.3, -0.25) is 0 Å². The molecule has 0 rings (SSSR count). The van der Waals surface area contributed by atoms with Gasteiger partial charge in [0.15, 0.2) is 0 Å². The van der Waals surface area contributed by atoms with Crippen molar-refractivity contribution in [2.24, 2.45) is 0 Å². The van der Waals surface area contributed by atoms with Gasteiger partial charge in [0.05, 0.1) is 0 Å². The van der Waals surface area contributed by atoms with Crippen molar-refractivity contribution in [1.29, 1.82) is 0 Å². The molecule has 0 fully saturated rings. The summed E-state index contributed by atoms with van der Waals surface area (Å²) in [5.74, 6) is 0. The molecule has 3 nitrogen and oxygen atoms in total. The fourth-order valence-corrected chi connectivity index (χ4v) is 4.81. The summed E-state index contributed by atoms with van der Waals surface area (Å²) >= 11 is 0. The first kappa shape index (κ1) is 11.7. The standard InChI is InChI=1S/H10O3Si4.H4Si/c4-1-6-3-7-2-5;/h6-7H2,4-5H3;1H4. The fraction of sp³-hybridized carbons (Fsp3) is 0. The Morgan fingerprint density at radius 3 is 1.62 bits per heavy atom. The molecule has 0 aromatic carbocycles. The monoisotopic (exact) mass is 202 g/mol. The van der Waals surface area contributed by atoms with E-state index in [1.165, 1.54) is 0 Å². The van der Waals surface area contributed by atoms with Gasteiger partial charge in [0.1, 0.15) is 21.0 Å². The lowest BCUT2D eigenvalue weighted by Crippen LogP contribution is -2.08. The van der Waals surface area contributed by atoms with Crippen molar-refractivity contribution in [1.82, 2.24) is 0 Å². The maximum absolute atomic E-state index is 5.03. The summed E-state index contributed by atoms with van der Waals surface area (Å²) in [7, 11) is 0.504. The second-order valence-electron chi connectivity index (χ2n) is 1.02. The van der Waals surface area contributed by atoms with E-state index in [-0.39, 0.29) is 11.0 Å². The van der Waals surface area contributed by atoms with Crippen LogP contribution in [0.4, 0.5) is 0 Å². The molecule has 0 aliphatic carbocycles. The molecular weight excluding hydrogens is 188 g/mol. The third kappa shape index (κ3) is 10.1. The van der Waals surface area contributed by atoms with Crippen molar-refractivity contribution in [2.45, 2.75) is 0 Å². The van der Waals surface area contributed by atoms with Gasteiger partial charge in [-0.2, -0.15) is 0 Å². The van der Waals surface area contributed by atoms with Crippen LogP contribution < -0.4 is 0 Å². The van der Waals surface area contributed by atoms with Crippen LogP contribution >= 0.6 is 0 Å². The van der Waals surface area contributed by atoms with Crippen LogP contribution in [-0.2, 0) is 12.3 Å². The van der Waals surface area contributed by atoms with E-state index in [9.17, 15) is 0 Å². The van der Waals surface area contributed by atoms with Gasteiger partial charge in [0.2, 0.25) is 0 Å². The van der Waals surface area contributed by atoms with Gasteiger partial charge in [-0.05, 0) is 11.0 Å². The van der Waals surface area contributed by atoms with Crippen LogP contribution in [0.2, 0.25) is 0 Å². The van der Waals surface area contributed by atoms with E-state index in [4.69, 9.17) is 12.3 Å². The van der Waals surface area contributed by atoms with Gasteiger partial charge >= 0.3 is 0 Å². The number of hydrogen-bond donors (Lipinski definition) is 0. The van der Waals surface area contributed by atoms with Crippen LogP contribution in [0.3, 0.4) is 0 Å². The second kappa shape index (κ2) is 10.9. The SMILES string of the molecule is [SiH3]O[SiH2]O[SiH2]O[SiH3].[SiH4]. The summed E-state index contributed by atoms with van der Waals surface area (Å²) in [5, 5.41) is 0. The predicted octanol–water partition coefficient (Wildman–Crippen LogP) is -5.86. The summed E-state index contributed by atoms with van der Waals surface area (Å²) in [5.41, 5.74) is 0. The molecule has 0 radical (unpaired) electrons. The molecule has 8 heteroatoms. The fourth-order valence-electron chi connectivity index (χ4n) is 0.201. The average molecular weight is 203 g/mol. The smallest absolute Gasteiger partial charge is 0.284 e. The molecule has 0 unspecified atom stereocenters. The third-order valence-electron chi connectivity index (χ3n) is 0.402. The van der Waals surface area contributed by atoms with Crippen LogP contribution in [0, 0.1) is 0 Å². The summed E-state index contributed by atoms with van der Waals surface area (Å²) in [6.07, 6.45) is 0. The number of rotatable bonds is 4. The molecule has 0 saturated carbocycles. The van der Waals surface area contributed by atoms with Crippen LogP contribution in [0.15, 0.2) is 0 Å². The quantitative estimate of drug-likeness (QED) is 0.336. The minimum absolute atomic E-state index is 0. The molecular formula is H14O3Si5. The van der Waals surface area contributed by atoms with Gasteiger partial charge in [0, 0.05) is 0 Å². The highest BCUT2D eigenvalue weighted by molar-refractivity contribution is 6.40. The van der Waals surface area contributed by atoms with Gasteiger partial charge < -0.3 is 12.3 Å². The highest BCUT2D eigenvalue weighted by Gasteiger charge is 1.80. The molecule has 0 aromatic heterocycles. The van der Waals surface area contributed by atoms with Crippen LogP contribution in [0.25, 0.3) is 0 Å². The minimum atomic E-state index is -0.569. The van der Waals surface area contributed by atoms with E-state index < -0.39 is 20.0 Å². The maximum Gasteiger partial charge on any atom is 0.284 e. The topological polar surface area (TPSA) is 27.7 Å². The Morgan fingerprint density at radius 2 is 1.38 bits per heavy atom. The predicted molar refractivity (Wildman–Crippen MR) is 51.6 cm³/mol. The van der Waals surface area contributed by atoms with Gasteiger partial charge in [-0.1, -0.05) is 0 Å². The normalized spacial score (nSPS) is 12.0. The Balaban J connectivity index is 0. The Hall–Kier alpha value is 0.964. The zero-order valence-electron chi connectivity index (χ0n) is 4.64. The van der Waals surface area contributed by atoms with Crippen molar-refractivity contribution in [2.75, 3.05) is 0 Å². The van der Waals surface area contributed by atoms with Crippen molar-refractivity contribution in [3.63, 3.8) is 0 Å². The molecule has 0 aromatic rings. The van der Waals surface area contributed by atoms with E-state index in [1.807, 2.05) is 0 Å².